The number of rotatable bonds is 8. The van der Waals surface area contributed by atoms with Crippen molar-refractivity contribution >= 4 is 23.2 Å². The highest BCUT2D eigenvalue weighted by molar-refractivity contribution is 6.10. The Morgan fingerprint density at radius 1 is 0.833 bits per heavy atom. The van der Waals surface area contributed by atoms with E-state index in [1.165, 1.54) is 0 Å². The van der Waals surface area contributed by atoms with Crippen LogP contribution in [0.25, 0.3) is 0 Å². The van der Waals surface area contributed by atoms with Gasteiger partial charge < -0.3 is 20.1 Å². The maximum absolute atomic E-state index is 12.7. The van der Waals surface area contributed by atoms with Gasteiger partial charge in [0.2, 0.25) is 0 Å². The summed E-state index contributed by atoms with van der Waals surface area (Å²) in [5.41, 5.74) is 2.45. The number of carbonyl (C=O) groups is 2. The molecule has 154 valence electrons. The molecule has 0 fully saturated rings. The predicted molar refractivity (Wildman–Crippen MR) is 117 cm³/mol. The number of para-hydroxylation sites is 1. The van der Waals surface area contributed by atoms with Crippen LogP contribution in [0.3, 0.4) is 0 Å². The first-order chi connectivity index (χ1) is 14.5. The minimum absolute atomic E-state index is 0.154. The van der Waals surface area contributed by atoms with Crippen LogP contribution in [0.1, 0.15) is 22.8 Å². The van der Waals surface area contributed by atoms with Crippen molar-refractivity contribution in [1.82, 2.24) is 0 Å². The molecule has 0 aromatic heterocycles. The molecule has 2 amide bonds. The van der Waals surface area contributed by atoms with Crippen molar-refractivity contribution in [2.24, 2.45) is 0 Å². The Morgan fingerprint density at radius 2 is 1.60 bits per heavy atom. The molecule has 6 nitrogen and oxygen atoms in total. The molecule has 3 aromatic carbocycles. The number of ether oxygens (including phenoxy) is 2. The molecule has 0 saturated heterocycles. The molecule has 2 N–H and O–H groups in total. The molecule has 6 heteroatoms. The molecule has 0 radical (unpaired) electrons. The Labute approximate surface area is 175 Å². The van der Waals surface area contributed by atoms with Gasteiger partial charge in [0.05, 0.1) is 17.9 Å². The molecular weight excluding hydrogens is 380 g/mol. The van der Waals surface area contributed by atoms with Crippen LogP contribution in [-0.2, 0) is 4.79 Å². The minimum atomic E-state index is -0.349. The third kappa shape index (κ3) is 5.85. The summed E-state index contributed by atoms with van der Waals surface area (Å²) in [7, 11) is 0. The molecule has 3 aromatic rings. The zero-order chi connectivity index (χ0) is 21.3. The lowest BCUT2D eigenvalue weighted by molar-refractivity contribution is -0.118. The lowest BCUT2D eigenvalue weighted by Crippen LogP contribution is -2.22. The van der Waals surface area contributed by atoms with Gasteiger partial charge in [0.15, 0.2) is 6.61 Å². The van der Waals surface area contributed by atoms with Crippen LogP contribution >= 0.6 is 0 Å². The molecule has 0 aliphatic carbocycles. The van der Waals surface area contributed by atoms with Crippen LogP contribution in [0.5, 0.6) is 11.5 Å². The first-order valence-corrected chi connectivity index (χ1v) is 9.67. The second kappa shape index (κ2) is 10.1. The lowest BCUT2D eigenvalue weighted by atomic mass is 10.1. The number of hydrogen-bond acceptors (Lipinski definition) is 4. The topological polar surface area (TPSA) is 76.7 Å². The molecule has 0 aliphatic rings. The maximum Gasteiger partial charge on any atom is 0.262 e. The first-order valence-electron chi connectivity index (χ1n) is 9.67. The minimum Gasteiger partial charge on any atom is -0.494 e. The highest BCUT2D eigenvalue weighted by Gasteiger charge is 2.14. The van der Waals surface area contributed by atoms with E-state index >= 15 is 0 Å². The highest BCUT2D eigenvalue weighted by atomic mass is 16.5. The van der Waals surface area contributed by atoms with Crippen molar-refractivity contribution in [3.05, 3.63) is 83.9 Å². The SMILES string of the molecule is CCOc1ccc(NC(=O)c2ccccc2NC(=O)COc2cccc(C)c2)cc1. The molecular formula is C24H24N2O4. The van der Waals surface area contributed by atoms with Crippen LogP contribution in [0, 0.1) is 6.92 Å². The Morgan fingerprint density at radius 3 is 2.33 bits per heavy atom. The summed E-state index contributed by atoms with van der Waals surface area (Å²) in [5.74, 6) is 0.677. The number of aryl methyl sites for hydroxylation is 1. The molecule has 3 rings (SSSR count). The van der Waals surface area contributed by atoms with Gasteiger partial charge >= 0.3 is 0 Å². The molecule has 0 bridgehead atoms. The van der Waals surface area contributed by atoms with Crippen LogP contribution < -0.4 is 20.1 Å². The summed E-state index contributed by atoms with van der Waals surface area (Å²) in [6.07, 6.45) is 0. The molecule has 0 saturated carbocycles. The standard InChI is InChI=1S/C24H24N2O4/c1-3-29-19-13-11-18(12-14-19)25-24(28)21-9-4-5-10-22(21)26-23(27)16-30-20-8-6-7-17(2)15-20/h4-15H,3,16H2,1-2H3,(H,25,28)(H,26,27). The van der Waals surface area contributed by atoms with E-state index in [4.69, 9.17) is 9.47 Å². The molecule has 30 heavy (non-hydrogen) atoms. The smallest absolute Gasteiger partial charge is 0.262 e. The number of anilines is 2. The van der Waals surface area contributed by atoms with Gasteiger partial charge in [-0.1, -0.05) is 24.3 Å². The number of amides is 2. The highest BCUT2D eigenvalue weighted by Crippen LogP contribution is 2.20. The molecule has 0 unspecified atom stereocenters. The van der Waals surface area contributed by atoms with Crippen LogP contribution in [0.2, 0.25) is 0 Å². The number of carbonyl (C=O) groups excluding carboxylic acids is 2. The van der Waals surface area contributed by atoms with Gasteiger partial charge in [-0.05, 0) is 67.9 Å². The van der Waals surface area contributed by atoms with Crippen molar-refractivity contribution in [3.63, 3.8) is 0 Å². The second-order valence-electron chi connectivity index (χ2n) is 6.61. The summed E-state index contributed by atoms with van der Waals surface area (Å²) in [6.45, 7) is 4.28. The third-order valence-electron chi connectivity index (χ3n) is 4.23. The Kier molecular flexibility index (Phi) is 7.05. The van der Waals surface area contributed by atoms with Gasteiger partial charge in [0.1, 0.15) is 11.5 Å². The van der Waals surface area contributed by atoms with Crippen molar-refractivity contribution in [1.29, 1.82) is 0 Å². The van der Waals surface area contributed by atoms with E-state index in [0.29, 0.717) is 29.3 Å². The predicted octanol–water partition coefficient (Wildman–Crippen LogP) is 4.66. The van der Waals surface area contributed by atoms with E-state index in [2.05, 4.69) is 10.6 Å². The van der Waals surface area contributed by atoms with E-state index in [0.717, 1.165) is 11.3 Å². The Bertz CT molecular complexity index is 1020. The van der Waals surface area contributed by atoms with Crippen LogP contribution in [-0.4, -0.2) is 25.0 Å². The normalized spacial score (nSPS) is 10.2. The van der Waals surface area contributed by atoms with Crippen LogP contribution in [0.4, 0.5) is 11.4 Å². The van der Waals surface area contributed by atoms with E-state index < -0.39 is 0 Å². The zero-order valence-electron chi connectivity index (χ0n) is 17.0. The summed E-state index contributed by atoms with van der Waals surface area (Å²) >= 11 is 0. The summed E-state index contributed by atoms with van der Waals surface area (Å²) < 4.78 is 10.9. The van der Waals surface area contributed by atoms with Gasteiger partial charge in [0, 0.05) is 5.69 Å². The monoisotopic (exact) mass is 404 g/mol. The fourth-order valence-electron chi connectivity index (χ4n) is 2.83. The lowest BCUT2D eigenvalue weighted by Gasteiger charge is -2.12. The maximum atomic E-state index is 12.7. The van der Waals surface area contributed by atoms with Crippen molar-refractivity contribution in [2.45, 2.75) is 13.8 Å². The molecule has 0 aliphatic heterocycles. The van der Waals surface area contributed by atoms with E-state index in [-0.39, 0.29) is 18.4 Å². The van der Waals surface area contributed by atoms with Gasteiger partial charge in [0.25, 0.3) is 11.8 Å². The van der Waals surface area contributed by atoms with Gasteiger partial charge in [-0.3, -0.25) is 9.59 Å². The molecule has 0 heterocycles. The zero-order valence-corrected chi connectivity index (χ0v) is 17.0. The van der Waals surface area contributed by atoms with E-state index in [1.807, 2.05) is 32.0 Å². The van der Waals surface area contributed by atoms with Gasteiger partial charge in [-0.25, -0.2) is 0 Å². The van der Waals surface area contributed by atoms with Crippen molar-refractivity contribution < 1.29 is 19.1 Å². The fraction of sp³-hybridized carbons (Fsp3) is 0.167. The Hall–Kier alpha value is -3.80. The first kappa shape index (κ1) is 20.9. The molecule has 0 spiro atoms. The van der Waals surface area contributed by atoms with Gasteiger partial charge in [-0.15, -0.1) is 0 Å². The van der Waals surface area contributed by atoms with E-state index in [1.54, 1.807) is 54.6 Å². The fourth-order valence-corrected chi connectivity index (χ4v) is 2.83. The van der Waals surface area contributed by atoms with E-state index in [9.17, 15) is 9.59 Å². The number of nitrogens with one attached hydrogen (secondary N) is 2. The summed E-state index contributed by atoms with van der Waals surface area (Å²) in [5, 5.41) is 5.57. The average molecular weight is 404 g/mol. The average Bonchev–Trinajstić information content (AvgIpc) is 2.74. The van der Waals surface area contributed by atoms with Crippen molar-refractivity contribution in [2.75, 3.05) is 23.8 Å². The second-order valence-corrected chi connectivity index (χ2v) is 6.61. The summed E-state index contributed by atoms with van der Waals surface area (Å²) in [6, 6.07) is 21.4. The number of hydrogen-bond donors (Lipinski definition) is 2. The van der Waals surface area contributed by atoms with Gasteiger partial charge in [-0.2, -0.15) is 0 Å². The van der Waals surface area contributed by atoms with Crippen molar-refractivity contribution in [3.8, 4) is 11.5 Å². The Balaban J connectivity index is 1.63. The molecule has 0 atom stereocenters. The quantitative estimate of drug-likeness (QED) is 0.572. The number of benzene rings is 3. The summed E-state index contributed by atoms with van der Waals surface area (Å²) in [4.78, 5) is 25.0. The third-order valence-corrected chi connectivity index (χ3v) is 4.23. The largest absolute Gasteiger partial charge is 0.494 e. The van der Waals surface area contributed by atoms with Crippen LogP contribution in [0.15, 0.2) is 72.8 Å².